The molecule has 1 aromatic carbocycles. The minimum atomic E-state index is -2.78. The average Bonchev–Trinajstić information content (AvgIpc) is 2.65. The normalized spacial score (nSPS) is 17.2. The van der Waals surface area contributed by atoms with Crippen LogP contribution in [0.1, 0.15) is 38.5 Å². The second-order valence-corrected chi connectivity index (χ2v) is 5.11. The van der Waals surface area contributed by atoms with Crippen molar-refractivity contribution in [2.45, 2.75) is 45.1 Å². The number of hydrogen-bond acceptors (Lipinski definition) is 2. The van der Waals surface area contributed by atoms with Gasteiger partial charge in [0.2, 0.25) is 0 Å². The minimum Gasteiger partial charge on any atom is -0.433 e. The molecule has 0 saturated heterocycles. The Morgan fingerprint density at radius 3 is 2.47 bits per heavy atom. The monoisotopic (exact) mass is 269 g/mol. The molecular formula is C15H21F2NO. The first kappa shape index (κ1) is 14.1. The van der Waals surface area contributed by atoms with E-state index in [9.17, 15) is 8.78 Å². The Hall–Kier alpha value is -1.32. The molecule has 0 heterocycles. The van der Waals surface area contributed by atoms with Gasteiger partial charge in [-0.05, 0) is 30.9 Å². The number of nitrogens with one attached hydrogen (secondary N) is 1. The predicted octanol–water partition coefficient (Wildman–Crippen LogP) is 4.67. The van der Waals surface area contributed by atoms with Crippen LogP contribution in [0.5, 0.6) is 5.75 Å². The van der Waals surface area contributed by atoms with E-state index >= 15 is 0 Å². The van der Waals surface area contributed by atoms with Crippen LogP contribution in [0, 0.1) is 5.92 Å². The van der Waals surface area contributed by atoms with Crippen molar-refractivity contribution in [2.24, 2.45) is 5.92 Å². The first-order valence-corrected chi connectivity index (χ1v) is 7.03. The molecule has 1 N–H and O–H groups in total. The quantitative estimate of drug-likeness (QED) is 0.784. The molecule has 0 bridgehead atoms. The average molecular weight is 269 g/mol. The Kier molecular flexibility index (Phi) is 5.43. The molecule has 0 amide bonds. The van der Waals surface area contributed by atoms with Gasteiger partial charge in [-0.25, -0.2) is 0 Å². The summed E-state index contributed by atoms with van der Waals surface area (Å²) in [4.78, 5) is 0. The largest absolute Gasteiger partial charge is 0.433 e. The Balaban J connectivity index is 1.90. The summed E-state index contributed by atoms with van der Waals surface area (Å²) >= 11 is 0. The number of benzene rings is 1. The molecule has 0 unspecified atom stereocenters. The summed E-state index contributed by atoms with van der Waals surface area (Å²) in [6.45, 7) is -1.94. The SMILES string of the molecule is FC(F)Oc1ccccc1NCC1CCCCCC1. The highest BCUT2D eigenvalue weighted by atomic mass is 19.3. The van der Waals surface area contributed by atoms with Crippen molar-refractivity contribution in [3.05, 3.63) is 24.3 Å². The van der Waals surface area contributed by atoms with Crippen molar-refractivity contribution in [2.75, 3.05) is 11.9 Å². The van der Waals surface area contributed by atoms with Crippen molar-refractivity contribution in [1.82, 2.24) is 0 Å². The first-order valence-electron chi connectivity index (χ1n) is 7.03. The third-order valence-corrected chi connectivity index (χ3v) is 3.66. The van der Waals surface area contributed by atoms with E-state index in [1.807, 2.05) is 6.07 Å². The van der Waals surface area contributed by atoms with Crippen molar-refractivity contribution in [3.63, 3.8) is 0 Å². The fourth-order valence-corrected chi connectivity index (χ4v) is 2.63. The summed E-state index contributed by atoms with van der Waals surface area (Å²) in [6, 6.07) is 6.89. The Bertz CT molecular complexity index is 376. The third kappa shape index (κ3) is 4.69. The van der Waals surface area contributed by atoms with Gasteiger partial charge in [0.15, 0.2) is 0 Å². The standard InChI is InChI=1S/C15H21F2NO/c16-15(17)19-14-10-6-5-9-13(14)18-11-12-7-3-1-2-4-8-12/h5-6,9-10,12,15,18H,1-4,7-8,11H2. The van der Waals surface area contributed by atoms with Crippen LogP contribution < -0.4 is 10.1 Å². The predicted molar refractivity (Wildman–Crippen MR) is 72.8 cm³/mol. The lowest BCUT2D eigenvalue weighted by Crippen LogP contribution is -2.14. The molecule has 0 atom stereocenters. The van der Waals surface area contributed by atoms with Crippen molar-refractivity contribution >= 4 is 5.69 Å². The van der Waals surface area contributed by atoms with Gasteiger partial charge in [0.1, 0.15) is 5.75 Å². The van der Waals surface area contributed by atoms with Crippen LogP contribution in [0.15, 0.2) is 24.3 Å². The molecule has 2 nitrogen and oxygen atoms in total. The van der Waals surface area contributed by atoms with E-state index in [1.54, 1.807) is 18.2 Å². The molecule has 0 aromatic heterocycles. The number of alkyl halides is 2. The molecule has 1 fully saturated rings. The van der Waals surface area contributed by atoms with Crippen LogP contribution in [0.2, 0.25) is 0 Å². The number of anilines is 1. The van der Waals surface area contributed by atoms with Crippen LogP contribution >= 0.6 is 0 Å². The van der Waals surface area contributed by atoms with Gasteiger partial charge >= 0.3 is 6.61 Å². The second-order valence-electron chi connectivity index (χ2n) is 5.11. The fourth-order valence-electron chi connectivity index (χ4n) is 2.63. The maximum Gasteiger partial charge on any atom is 0.387 e. The zero-order valence-electron chi connectivity index (χ0n) is 11.1. The van der Waals surface area contributed by atoms with Crippen molar-refractivity contribution in [3.8, 4) is 5.75 Å². The van der Waals surface area contributed by atoms with Crippen molar-refractivity contribution in [1.29, 1.82) is 0 Å². The summed E-state index contributed by atoms with van der Waals surface area (Å²) in [6.07, 6.45) is 7.65. The molecule has 0 radical (unpaired) electrons. The van der Waals surface area contributed by atoms with Gasteiger partial charge in [0.25, 0.3) is 0 Å². The fraction of sp³-hybridized carbons (Fsp3) is 0.600. The van der Waals surface area contributed by atoms with Gasteiger partial charge in [-0.15, -0.1) is 0 Å². The summed E-state index contributed by atoms with van der Waals surface area (Å²) in [7, 11) is 0. The van der Waals surface area contributed by atoms with E-state index in [1.165, 1.54) is 38.5 Å². The first-order chi connectivity index (χ1) is 9.25. The van der Waals surface area contributed by atoms with E-state index in [-0.39, 0.29) is 5.75 Å². The third-order valence-electron chi connectivity index (χ3n) is 3.66. The van der Waals surface area contributed by atoms with Crippen LogP contribution in [-0.2, 0) is 0 Å². The van der Waals surface area contributed by atoms with E-state index in [0.717, 1.165) is 6.54 Å². The Morgan fingerprint density at radius 1 is 1.11 bits per heavy atom. The van der Waals surface area contributed by atoms with Crippen LogP contribution in [0.3, 0.4) is 0 Å². The Labute approximate surface area is 113 Å². The number of halogens is 2. The molecule has 4 heteroatoms. The van der Waals surface area contributed by atoms with E-state index in [4.69, 9.17) is 0 Å². The topological polar surface area (TPSA) is 21.3 Å². The zero-order chi connectivity index (χ0) is 13.5. The molecule has 1 aliphatic rings. The Morgan fingerprint density at radius 2 is 1.79 bits per heavy atom. The van der Waals surface area contributed by atoms with Gasteiger partial charge in [0, 0.05) is 6.54 Å². The number of ether oxygens (including phenoxy) is 1. The number of para-hydroxylation sites is 2. The molecule has 1 saturated carbocycles. The molecule has 1 aliphatic carbocycles. The molecule has 2 rings (SSSR count). The lowest BCUT2D eigenvalue weighted by atomic mass is 10.0. The van der Waals surface area contributed by atoms with Gasteiger partial charge in [0.05, 0.1) is 5.69 Å². The van der Waals surface area contributed by atoms with E-state index in [2.05, 4.69) is 10.1 Å². The van der Waals surface area contributed by atoms with Gasteiger partial charge in [-0.3, -0.25) is 0 Å². The lowest BCUT2D eigenvalue weighted by Gasteiger charge is -2.17. The molecular weight excluding hydrogens is 248 g/mol. The zero-order valence-corrected chi connectivity index (χ0v) is 11.1. The van der Waals surface area contributed by atoms with Crippen LogP contribution in [0.4, 0.5) is 14.5 Å². The van der Waals surface area contributed by atoms with E-state index < -0.39 is 6.61 Å². The minimum absolute atomic E-state index is 0.228. The summed E-state index contributed by atoms with van der Waals surface area (Å²) in [5.41, 5.74) is 0.659. The van der Waals surface area contributed by atoms with Crippen LogP contribution in [0.25, 0.3) is 0 Å². The molecule has 0 spiro atoms. The molecule has 19 heavy (non-hydrogen) atoms. The summed E-state index contributed by atoms with van der Waals surface area (Å²) < 4.78 is 29.1. The van der Waals surface area contributed by atoms with Crippen molar-refractivity contribution < 1.29 is 13.5 Å². The smallest absolute Gasteiger partial charge is 0.387 e. The summed E-state index contributed by atoms with van der Waals surface area (Å²) in [5.74, 6) is 0.869. The maximum atomic E-state index is 12.3. The highest BCUT2D eigenvalue weighted by Gasteiger charge is 2.14. The van der Waals surface area contributed by atoms with Crippen LogP contribution in [-0.4, -0.2) is 13.2 Å². The molecule has 0 aliphatic heterocycles. The van der Waals surface area contributed by atoms with Gasteiger partial charge in [-0.1, -0.05) is 37.8 Å². The van der Waals surface area contributed by atoms with E-state index in [0.29, 0.717) is 11.6 Å². The highest BCUT2D eigenvalue weighted by Crippen LogP contribution is 2.28. The maximum absolute atomic E-state index is 12.3. The highest BCUT2D eigenvalue weighted by molar-refractivity contribution is 5.56. The molecule has 1 aromatic rings. The second kappa shape index (κ2) is 7.31. The summed E-state index contributed by atoms with van der Waals surface area (Å²) in [5, 5.41) is 3.26. The lowest BCUT2D eigenvalue weighted by molar-refractivity contribution is -0.0493. The van der Waals surface area contributed by atoms with Gasteiger partial charge in [-0.2, -0.15) is 8.78 Å². The molecule has 106 valence electrons. The number of hydrogen-bond donors (Lipinski definition) is 1. The van der Waals surface area contributed by atoms with Gasteiger partial charge < -0.3 is 10.1 Å². The number of rotatable bonds is 5.